The molecule has 150 valence electrons. The highest BCUT2D eigenvalue weighted by molar-refractivity contribution is 5.85. The summed E-state index contributed by atoms with van der Waals surface area (Å²) in [5.41, 5.74) is 0.870. The van der Waals surface area contributed by atoms with Gasteiger partial charge in [0, 0.05) is 25.0 Å². The Hall–Kier alpha value is -3.36. The van der Waals surface area contributed by atoms with Crippen molar-refractivity contribution in [3.8, 4) is 5.75 Å². The zero-order valence-electron chi connectivity index (χ0n) is 16.2. The molecule has 0 radical (unpaired) electrons. The first kappa shape index (κ1) is 20.9. The fourth-order valence-corrected chi connectivity index (χ4v) is 2.60. The number of amides is 2. The fraction of sp³-hybridized carbons (Fsp3) is 0.368. The summed E-state index contributed by atoms with van der Waals surface area (Å²) in [7, 11) is 1.58. The number of carbonyl (C=O) groups is 2. The number of nitrogens with one attached hydrogen (secondary N) is 1. The lowest BCUT2D eigenvalue weighted by Crippen LogP contribution is -2.43. The maximum atomic E-state index is 12.9. The van der Waals surface area contributed by atoms with Crippen LogP contribution in [0.5, 0.6) is 5.75 Å². The van der Waals surface area contributed by atoms with Gasteiger partial charge in [0.25, 0.3) is 0 Å². The van der Waals surface area contributed by atoms with Gasteiger partial charge in [-0.05, 0) is 31.5 Å². The molecule has 0 saturated carbocycles. The fourth-order valence-electron chi connectivity index (χ4n) is 2.60. The predicted molar refractivity (Wildman–Crippen MR) is 103 cm³/mol. The molecule has 0 aliphatic rings. The van der Waals surface area contributed by atoms with Gasteiger partial charge in [-0.15, -0.1) is 0 Å². The van der Waals surface area contributed by atoms with E-state index in [2.05, 4.69) is 15.5 Å². The van der Waals surface area contributed by atoms with Crippen LogP contribution in [0, 0.1) is 0 Å². The number of ether oxygens (including phenoxy) is 1. The summed E-state index contributed by atoms with van der Waals surface area (Å²) in [5, 5.41) is 14.4. The number of methoxy groups -OCH3 is 1. The molecule has 1 aromatic carbocycles. The van der Waals surface area contributed by atoms with E-state index in [0.29, 0.717) is 11.6 Å². The first-order valence-corrected chi connectivity index (χ1v) is 8.81. The summed E-state index contributed by atoms with van der Waals surface area (Å²) < 4.78 is 6.69. The molecule has 0 aliphatic heterocycles. The molecule has 0 aliphatic carbocycles. The molecule has 0 unspecified atom stereocenters. The second-order valence-electron chi connectivity index (χ2n) is 6.48. The highest BCUT2D eigenvalue weighted by Crippen LogP contribution is 2.13. The second-order valence-corrected chi connectivity index (χ2v) is 6.48. The Labute approximate surface area is 163 Å². The summed E-state index contributed by atoms with van der Waals surface area (Å²) in [4.78, 5) is 30.6. The summed E-state index contributed by atoms with van der Waals surface area (Å²) >= 11 is 0. The lowest BCUT2D eigenvalue weighted by molar-refractivity contribution is -0.137. The third-order valence-electron chi connectivity index (χ3n) is 3.90. The Morgan fingerprint density at radius 1 is 1.36 bits per heavy atom. The maximum absolute atomic E-state index is 12.9. The van der Waals surface area contributed by atoms with Gasteiger partial charge in [-0.2, -0.15) is 0 Å². The van der Waals surface area contributed by atoms with E-state index in [1.165, 1.54) is 11.1 Å². The van der Waals surface area contributed by atoms with Crippen LogP contribution >= 0.6 is 0 Å². The van der Waals surface area contributed by atoms with E-state index in [4.69, 9.17) is 9.94 Å². The monoisotopic (exact) mass is 387 g/mol. The number of hydrogen-bond donors (Lipinski definition) is 2. The number of aromatic nitrogens is 2. The summed E-state index contributed by atoms with van der Waals surface area (Å²) in [6.07, 6.45) is 4.25. The quantitative estimate of drug-likeness (QED) is 0.382. The van der Waals surface area contributed by atoms with Crippen molar-refractivity contribution >= 4 is 18.0 Å². The minimum absolute atomic E-state index is 0.0218. The first-order valence-electron chi connectivity index (χ1n) is 8.81. The smallest absolute Gasteiger partial charge is 0.243 e. The number of nitrogens with zero attached hydrogens (tertiary/aromatic N) is 4. The molecule has 2 aromatic rings. The van der Waals surface area contributed by atoms with E-state index >= 15 is 0 Å². The molecule has 1 aromatic heterocycles. The van der Waals surface area contributed by atoms with Gasteiger partial charge in [-0.1, -0.05) is 17.3 Å². The van der Waals surface area contributed by atoms with Crippen LogP contribution in [0.1, 0.15) is 25.2 Å². The molecule has 1 heterocycles. The van der Waals surface area contributed by atoms with Crippen molar-refractivity contribution in [1.29, 1.82) is 0 Å². The van der Waals surface area contributed by atoms with E-state index in [-0.39, 0.29) is 37.5 Å². The number of carbonyl (C=O) groups excluding carboxylic acids is 2. The molecule has 0 fully saturated rings. The van der Waals surface area contributed by atoms with Crippen LogP contribution in [0.15, 0.2) is 41.8 Å². The second kappa shape index (κ2) is 10.1. The minimum Gasteiger partial charge on any atom is -0.497 e. The summed E-state index contributed by atoms with van der Waals surface area (Å²) in [6.45, 7) is 3.89. The number of imidazole rings is 1. The largest absolute Gasteiger partial charge is 0.497 e. The van der Waals surface area contributed by atoms with Gasteiger partial charge < -0.3 is 24.7 Å². The summed E-state index contributed by atoms with van der Waals surface area (Å²) in [6, 6.07) is 7.28. The predicted octanol–water partition coefficient (Wildman–Crippen LogP) is 1.25. The third-order valence-corrected chi connectivity index (χ3v) is 3.90. The maximum Gasteiger partial charge on any atom is 0.243 e. The van der Waals surface area contributed by atoms with Crippen molar-refractivity contribution in [2.75, 3.05) is 13.7 Å². The number of rotatable bonds is 9. The first-order chi connectivity index (χ1) is 13.4. The van der Waals surface area contributed by atoms with Crippen molar-refractivity contribution in [3.63, 3.8) is 0 Å². The summed E-state index contributed by atoms with van der Waals surface area (Å²) in [5.74, 6) is 0.553. The van der Waals surface area contributed by atoms with E-state index in [0.717, 1.165) is 11.8 Å². The number of oxime groups is 1. The highest BCUT2D eigenvalue weighted by atomic mass is 16.5. The van der Waals surface area contributed by atoms with Crippen LogP contribution in [-0.4, -0.2) is 57.4 Å². The lowest BCUT2D eigenvalue weighted by atomic mass is 10.2. The zero-order valence-corrected chi connectivity index (χ0v) is 16.2. The Morgan fingerprint density at radius 2 is 2.07 bits per heavy atom. The molecule has 2 N–H and O–H groups in total. The molecule has 0 saturated heterocycles. The van der Waals surface area contributed by atoms with Gasteiger partial charge >= 0.3 is 0 Å². The van der Waals surface area contributed by atoms with Crippen molar-refractivity contribution < 1.29 is 19.5 Å². The zero-order chi connectivity index (χ0) is 20.5. The molecule has 9 nitrogen and oxygen atoms in total. The third kappa shape index (κ3) is 6.11. The van der Waals surface area contributed by atoms with E-state index in [9.17, 15) is 9.59 Å². The van der Waals surface area contributed by atoms with Crippen LogP contribution in [0.25, 0.3) is 0 Å². The molecule has 2 rings (SSSR count). The van der Waals surface area contributed by atoms with Crippen LogP contribution in [0.3, 0.4) is 0 Å². The molecular weight excluding hydrogens is 362 g/mol. The minimum atomic E-state index is -0.264. The van der Waals surface area contributed by atoms with Crippen molar-refractivity contribution in [2.45, 2.75) is 33.0 Å². The molecule has 2 amide bonds. The van der Waals surface area contributed by atoms with Crippen LogP contribution in [-0.2, 0) is 22.7 Å². The molecule has 9 heteroatoms. The van der Waals surface area contributed by atoms with Gasteiger partial charge in [0.2, 0.25) is 11.8 Å². The molecule has 0 spiro atoms. The van der Waals surface area contributed by atoms with Gasteiger partial charge in [0.05, 0.1) is 13.7 Å². The molecule has 0 bridgehead atoms. The van der Waals surface area contributed by atoms with E-state index < -0.39 is 0 Å². The lowest BCUT2D eigenvalue weighted by Gasteiger charge is -2.23. The van der Waals surface area contributed by atoms with E-state index in [1.807, 2.05) is 26.0 Å². The Bertz CT molecular complexity index is 814. The Morgan fingerprint density at radius 3 is 2.68 bits per heavy atom. The Kier molecular flexibility index (Phi) is 7.55. The number of hydrogen-bond acceptors (Lipinski definition) is 6. The Balaban J connectivity index is 2.16. The topological polar surface area (TPSA) is 109 Å². The molecule has 0 atom stereocenters. The van der Waals surface area contributed by atoms with Crippen molar-refractivity contribution in [1.82, 2.24) is 19.8 Å². The molecule has 28 heavy (non-hydrogen) atoms. The van der Waals surface area contributed by atoms with Crippen molar-refractivity contribution in [3.05, 3.63) is 48.0 Å². The van der Waals surface area contributed by atoms with Gasteiger partial charge in [-0.3, -0.25) is 9.59 Å². The number of benzene rings is 1. The van der Waals surface area contributed by atoms with E-state index in [1.54, 1.807) is 30.0 Å². The average molecular weight is 387 g/mol. The van der Waals surface area contributed by atoms with Gasteiger partial charge in [0.15, 0.2) is 5.82 Å². The van der Waals surface area contributed by atoms with Crippen LogP contribution < -0.4 is 10.1 Å². The van der Waals surface area contributed by atoms with Gasteiger partial charge in [-0.25, -0.2) is 4.98 Å². The average Bonchev–Trinajstić information content (AvgIpc) is 3.08. The van der Waals surface area contributed by atoms with Crippen LogP contribution in [0.4, 0.5) is 0 Å². The van der Waals surface area contributed by atoms with Crippen molar-refractivity contribution in [2.24, 2.45) is 5.16 Å². The highest BCUT2D eigenvalue weighted by Gasteiger charge is 2.19. The van der Waals surface area contributed by atoms with Crippen LogP contribution in [0.2, 0.25) is 0 Å². The standard InChI is InChI=1S/C19H25N5O4/c1-14(2)22-18(25)12-24(11-15-4-6-16(28-3)7-5-15)19(26)13-23-9-8-20-17(23)10-21-27/h4-10,14,27H,11-13H2,1-3H3,(H,22,25)/b21-10+. The molecular formula is C19H25N5O4. The normalized spacial score (nSPS) is 11.0. The SMILES string of the molecule is COc1ccc(CN(CC(=O)NC(C)C)C(=O)Cn2ccnc2/C=N/O)cc1. The van der Waals surface area contributed by atoms with Gasteiger partial charge in [0.1, 0.15) is 18.5 Å².